The molecule has 0 aromatic heterocycles. The van der Waals surface area contributed by atoms with E-state index in [4.69, 9.17) is 11.6 Å². The molecule has 2 nitrogen and oxygen atoms in total. The van der Waals surface area contributed by atoms with Crippen LogP contribution >= 0.6 is 11.6 Å². The highest BCUT2D eigenvalue weighted by Crippen LogP contribution is 2.19. The van der Waals surface area contributed by atoms with Crippen molar-refractivity contribution in [2.75, 3.05) is 13.1 Å². The molecule has 0 unspecified atom stereocenters. The summed E-state index contributed by atoms with van der Waals surface area (Å²) in [4.78, 5) is 13.4. The average Bonchev–Trinajstić information content (AvgIpc) is 2.23. The molecular weight excluding hydrogens is 217 g/mol. The van der Waals surface area contributed by atoms with E-state index >= 15 is 0 Å². The Labute approximate surface area is 93.6 Å². The molecule has 0 bridgehead atoms. The lowest BCUT2D eigenvalue weighted by molar-refractivity contribution is 0.0768. The van der Waals surface area contributed by atoms with E-state index in [2.05, 4.69) is 0 Å². The Morgan fingerprint density at radius 2 is 2.00 bits per heavy atom. The fourth-order valence-electron chi connectivity index (χ4n) is 1.35. The van der Waals surface area contributed by atoms with Gasteiger partial charge in [-0.15, -0.1) is 0 Å². The summed E-state index contributed by atoms with van der Waals surface area (Å²) >= 11 is 5.60. The van der Waals surface area contributed by atoms with Crippen molar-refractivity contribution in [2.24, 2.45) is 0 Å². The van der Waals surface area contributed by atoms with Crippen molar-refractivity contribution < 1.29 is 9.18 Å². The van der Waals surface area contributed by atoms with Crippen LogP contribution in [0.15, 0.2) is 18.2 Å². The lowest BCUT2D eigenvalue weighted by Crippen LogP contribution is -2.31. The first kappa shape index (κ1) is 12.0. The minimum Gasteiger partial charge on any atom is -0.339 e. The zero-order chi connectivity index (χ0) is 11.4. The molecular formula is C11H13ClFNO. The van der Waals surface area contributed by atoms with Gasteiger partial charge < -0.3 is 4.90 Å². The summed E-state index contributed by atoms with van der Waals surface area (Å²) in [5, 5.41) is -0.0204. The molecule has 82 valence electrons. The first-order valence-corrected chi connectivity index (χ1v) is 5.22. The second kappa shape index (κ2) is 5.12. The van der Waals surface area contributed by atoms with Gasteiger partial charge in [0.1, 0.15) is 0 Å². The van der Waals surface area contributed by atoms with Crippen LogP contribution in [0.5, 0.6) is 0 Å². The highest BCUT2D eigenvalue weighted by Gasteiger charge is 2.17. The van der Waals surface area contributed by atoms with Gasteiger partial charge in [-0.2, -0.15) is 0 Å². The Bertz CT molecular complexity index is 364. The molecule has 0 aliphatic rings. The maximum atomic E-state index is 13.5. The van der Waals surface area contributed by atoms with E-state index in [0.717, 1.165) is 0 Å². The first-order chi connectivity index (χ1) is 7.11. The standard InChI is InChI=1S/C11H13ClFNO/c1-3-14(4-2)11(15)8-6-5-7-9(12)10(8)13/h5-7H,3-4H2,1-2H3. The van der Waals surface area contributed by atoms with Crippen molar-refractivity contribution in [3.63, 3.8) is 0 Å². The van der Waals surface area contributed by atoms with Crippen LogP contribution in [0.2, 0.25) is 5.02 Å². The van der Waals surface area contributed by atoms with Gasteiger partial charge in [0.2, 0.25) is 0 Å². The Hall–Kier alpha value is -1.09. The average molecular weight is 230 g/mol. The number of halogens is 2. The molecule has 0 fully saturated rings. The molecule has 1 amide bonds. The fourth-order valence-corrected chi connectivity index (χ4v) is 1.52. The number of benzene rings is 1. The molecule has 0 aliphatic heterocycles. The number of carbonyl (C=O) groups excluding carboxylic acids is 1. The molecule has 4 heteroatoms. The number of nitrogens with zero attached hydrogens (tertiary/aromatic N) is 1. The molecule has 1 aromatic rings. The van der Waals surface area contributed by atoms with Crippen molar-refractivity contribution in [3.8, 4) is 0 Å². The fraction of sp³-hybridized carbons (Fsp3) is 0.364. The number of amides is 1. The minimum atomic E-state index is -0.643. The van der Waals surface area contributed by atoms with Crippen LogP contribution in [0.1, 0.15) is 24.2 Å². The highest BCUT2D eigenvalue weighted by molar-refractivity contribution is 6.31. The quantitative estimate of drug-likeness (QED) is 0.781. The number of rotatable bonds is 3. The summed E-state index contributed by atoms with van der Waals surface area (Å²) in [5.74, 6) is -0.962. The molecule has 0 saturated heterocycles. The van der Waals surface area contributed by atoms with Gasteiger partial charge in [-0.3, -0.25) is 4.79 Å². The molecule has 15 heavy (non-hydrogen) atoms. The number of carbonyl (C=O) groups is 1. The first-order valence-electron chi connectivity index (χ1n) is 4.85. The van der Waals surface area contributed by atoms with Crippen molar-refractivity contribution in [3.05, 3.63) is 34.6 Å². The van der Waals surface area contributed by atoms with E-state index in [1.54, 1.807) is 11.0 Å². The monoisotopic (exact) mass is 229 g/mol. The summed E-state index contributed by atoms with van der Waals surface area (Å²) in [5.41, 5.74) is 0.0335. The van der Waals surface area contributed by atoms with E-state index in [1.807, 2.05) is 13.8 Å². The van der Waals surface area contributed by atoms with Gasteiger partial charge in [-0.1, -0.05) is 17.7 Å². The Morgan fingerprint density at radius 3 is 2.53 bits per heavy atom. The van der Waals surface area contributed by atoms with Gasteiger partial charge in [0.15, 0.2) is 5.82 Å². The van der Waals surface area contributed by atoms with Crippen LogP contribution in [-0.4, -0.2) is 23.9 Å². The Kier molecular flexibility index (Phi) is 4.09. The second-order valence-corrected chi connectivity index (χ2v) is 3.49. The zero-order valence-corrected chi connectivity index (χ0v) is 9.51. The Morgan fingerprint density at radius 1 is 1.40 bits per heavy atom. The molecule has 1 aromatic carbocycles. The van der Waals surface area contributed by atoms with E-state index in [1.165, 1.54) is 12.1 Å². The third-order valence-electron chi connectivity index (χ3n) is 2.23. The van der Waals surface area contributed by atoms with E-state index < -0.39 is 5.82 Å². The lowest BCUT2D eigenvalue weighted by Gasteiger charge is -2.18. The maximum absolute atomic E-state index is 13.5. The second-order valence-electron chi connectivity index (χ2n) is 3.08. The van der Waals surface area contributed by atoms with Crippen LogP contribution in [0.3, 0.4) is 0 Å². The summed E-state index contributed by atoms with van der Waals surface area (Å²) in [6.07, 6.45) is 0. The summed E-state index contributed by atoms with van der Waals surface area (Å²) < 4.78 is 13.5. The van der Waals surface area contributed by atoms with Crippen LogP contribution in [0.25, 0.3) is 0 Å². The van der Waals surface area contributed by atoms with E-state index in [-0.39, 0.29) is 16.5 Å². The van der Waals surface area contributed by atoms with Crippen molar-refractivity contribution in [2.45, 2.75) is 13.8 Å². The Balaban J connectivity index is 3.05. The largest absolute Gasteiger partial charge is 0.339 e. The van der Waals surface area contributed by atoms with Crippen LogP contribution in [0.4, 0.5) is 4.39 Å². The molecule has 0 N–H and O–H groups in total. The third kappa shape index (κ3) is 2.48. The van der Waals surface area contributed by atoms with Crippen molar-refractivity contribution in [1.82, 2.24) is 4.90 Å². The van der Waals surface area contributed by atoms with Crippen LogP contribution in [-0.2, 0) is 0 Å². The van der Waals surface area contributed by atoms with Crippen molar-refractivity contribution >= 4 is 17.5 Å². The molecule has 0 atom stereocenters. The van der Waals surface area contributed by atoms with E-state index in [9.17, 15) is 9.18 Å². The number of hydrogen-bond donors (Lipinski definition) is 0. The smallest absolute Gasteiger partial charge is 0.256 e. The van der Waals surface area contributed by atoms with E-state index in [0.29, 0.717) is 13.1 Å². The van der Waals surface area contributed by atoms with Crippen molar-refractivity contribution in [1.29, 1.82) is 0 Å². The third-order valence-corrected chi connectivity index (χ3v) is 2.52. The topological polar surface area (TPSA) is 20.3 Å². The molecule has 0 saturated carbocycles. The molecule has 0 radical (unpaired) electrons. The van der Waals surface area contributed by atoms with Crippen LogP contribution < -0.4 is 0 Å². The van der Waals surface area contributed by atoms with Gasteiger partial charge >= 0.3 is 0 Å². The zero-order valence-electron chi connectivity index (χ0n) is 8.76. The maximum Gasteiger partial charge on any atom is 0.256 e. The van der Waals surface area contributed by atoms with Gasteiger partial charge in [-0.25, -0.2) is 4.39 Å². The highest BCUT2D eigenvalue weighted by atomic mass is 35.5. The van der Waals surface area contributed by atoms with Gasteiger partial charge in [-0.05, 0) is 26.0 Å². The molecule has 0 aliphatic carbocycles. The summed E-state index contributed by atoms with van der Waals surface area (Å²) in [7, 11) is 0. The van der Waals surface area contributed by atoms with Gasteiger partial charge in [0.05, 0.1) is 10.6 Å². The predicted molar refractivity (Wildman–Crippen MR) is 58.7 cm³/mol. The summed E-state index contributed by atoms with van der Waals surface area (Å²) in [6, 6.07) is 4.44. The lowest BCUT2D eigenvalue weighted by atomic mass is 10.2. The van der Waals surface area contributed by atoms with Crippen LogP contribution in [0, 0.1) is 5.82 Å². The van der Waals surface area contributed by atoms with Gasteiger partial charge in [0, 0.05) is 13.1 Å². The molecule has 0 heterocycles. The molecule has 0 spiro atoms. The normalized spacial score (nSPS) is 10.1. The minimum absolute atomic E-state index is 0.0204. The summed E-state index contributed by atoms with van der Waals surface area (Å²) in [6.45, 7) is 4.82. The van der Waals surface area contributed by atoms with Gasteiger partial charge in [0.25, 0.3) is 5.91 Å². The number of hydrogen-bond acceptors (Lipinski definition) is 1. The predicted octanol–water partition coefficient (Wildman–Crippen LogP) is 2.96. The SMILES string of the molecule is CCN(CC)C(=O)c1cccc(Cl)c1F. The molecule has 1 rings (SSSR count).